The van der Waals surface area contributed by atoms with Gasteiger partial charge in [-0.1, -0.05) is 13.8 Å². The predicted molar refractivity (Wildman–Crippen MR) is 61.4 cm³/mol. The Labute approximate surface area is 94.1 Å². The Hall–Kier alpha value is -0.480. The van der Waals surface area contributed by atoms with Crippen LogP contribution >= 0.6 is 27.3 Å². The van der Waals surface area contributed by atoms with E-state index in [1.807, 2.05) is 6.07 Å². The largest absolute Gasteiger partial charge is 0.238 e. The molecule has 1 aromatic carbocycles. The van der Waals surface area contributed by atoms with Crippen LogP contribution in [0.2, 0.25) is 0 Å². The minimum Gasteiger partial charge on any atom is -0.238 e. The van der Waals surface area contributed by atoms with Crippen molar-refractivity contribution in [1.29, 1.82) is 0 Å². The summed E-state index contributed by atoms with van der Waals surface area (Å²) in [5, 5.41) is 0.983. The van der Waals surface area contributed by atoms with Crippen LogP contribution in [0.1, 0.15) is 24.8 Å². The van der Waals surface area contributed by atoms with E-state index in [0.717, 1.165) is 9.71 Å². The lowest BCUT2D eigenvalue weighted by molar-refractivity contribution is 0.630. The fourth-order valence-corrected chi connectivity index (χ4v) is 2.49. The average molecular weight is 274 g/mol. The van der Waals surface area contributed by atoms with E-state index in [0.29, 0.717) is 15.9 Å². The van der Waals surface area contributed by atoms with Crippen molar-refractivity contribution in [3.05, 3.63) is 27.4 Å². The van der Waals surface area contributed by atoms with Gasteiger partial charge in [-0.15, -0.1) is 11.3 Å². The molecule has 0 amide bonds. The first kappa shape index (κ1) is 10.1. The van der Waals surface area contributed by atoms with Gasteiger partial charge in [0.15, 0.2) is 5.82 Å². The zero-order valence-corrected chi connectivity index (χ0v) is 10.2. The molecular formula is C10H9BrFNS. The standard InChI is InChI=1S/C10H9BrFNS/c1-5(2)10-13-9-7(14-10)4-3-6(11)8(9)12/h3-5H,1-2H3. The molecule has 0 saturated carbocycles. The fraction of sp³-hybridized carbons (Fsp3) is 0.300. The summed E-state index contributed by atoms with van der Waals surface area (Å²) >= 11 is 4.71. The lowest BCUT2D eigenvalue weighted by Crippen LogP contribution is -1.85. The smallest absolute Gasteiger partial charge is 0.164 e. The van der Waals surface area contributed by atoms with Crippen LogP contribution in [0.3, 0.4) is 0 Å². The highest BCUT2D eigenvalue weighted by Crippen LogP contribution is 2.31. The summed E-state index contributed by atoms with van der Waals surface area (Å²) < 4.78 is 15.0. The van der Waals surface area contributed by atoms with Gasteiger partial charge in [-0.2, -0.15) is 0 Å². The summed E-state index contributed by atoms with van der Waals surface area (Å²) in [6.07, 6.45) is 0. The third kappa shape index (κ3) is 1.57. The number of aromatic nitrogens is 1. The van der Waals surface area contributed by atoms with Gasteiger partial charge in [0.1, 0.15) is 5.52 Å². The number of hydrogen-bond donors (Lipinski definition) is 0. The van der Waals surface area contributed by atoms with E-state index in [2.05, 4.69) is 34.8 Å². The molecule has 74 valence electrons. The van der Waals surface area contributed by atoms with Crippen molar-refractivity contribution in [1.82, 2.24) is 4.98 Å². The molecule has 0 aliphatic carbocycles. The van der Waals surface area contributed by atoms with Crippen LogP contribution in [0.25, 0.3) is 10.2 Å². The predicted octanol–water partition coefficient (Wildman–Crippen LogP) is 4.32. The van der Waals surface area contributed by atoms with Crippen LogP contribution in [0.4, 0.5) is 4.39 Å². The van der Waals surface area contributed by atoms with Crippen molar-refractivity contribution in [3.8, 4) is 0 Å². The van der Waals surface area contributed by atoms with E-state index in [4.69, 9.17) is 0 Å². The Morgan fingerprint density at radius 2 is 2.14 bits per heavy atom. The number of hydrogen-bond acceptors (Lipinski definition) is 2. The van der Waals surface area contributed by atoms with Gasteiger partial charge in [0.05, 0.1) is 14.2 Å². The Morgan fingerprint density at radius 3 is 2.79 bits per heavy atom. The molecule has 0 unspecified atom stereocenters. The van der Waals surface area contributed by atoms with Gasteiger partial charge in [-0.3, -0.25) is 0 Å². The maximum atomic E-state index is 13.6. The normalized spacial score (nSPS) is 11.5. The average Bonchev–Trinajstić information content (AvgIpc) is 2.56. The second-order valence-electron chi connectivity index (χ2n) is 3.41. The maximum Gasteiger partial charge on any atom is 0.164 e. The van der Waals surface area contributed by atoms with Gasteiger partial charge < -0.3 is 0 Å². The summed E-state index contributed by atoms with van der Waals surface area (Å²) in [7, 11) is 0. The molecule has 0 fully saturated rings. The van der Waals surface area contributed by atoms with Crippen LogP contribution < -0.4 is 0 Å². The second-order valence-corrected chi connectivity index (χ2v) is 5.33. The SMILES string of the molecule is CC(C)c1nc2c(F)c(Br)ccc2s1. The van der Waals surface area contributed by atoms with Gasteiger partial charge in [0.2, 0.25) is 0 Å². The highest BCUT2D eigenvalue weighted by atomic mass is 79.9. The van der Waals surface area contributed by atoms with E-state index in [-0.39, 0.29) is 5.82 Å². The highest BCUT2D eigenvalue weighted by Gasteiger charge is 2.12. The van der Waals surface area contributed by atoms with Crippen LogP contribution in [-0.4, -0.2) is 4.98 Å². The van der Waals surface area contributed by atoms with Gasteiger partial charge >= 0.3 is 0 Å². The third-order valence-corrected chi connectivity index (χ3v) is 3.90. The quantitative estimate of drug-likeness (QED) is 0.754. The summed E-state index contributed by atoms with van der Waals surface area (Å²) in [5.41, 5.74) is 0.480. The monoisotopic (exact) mass is 273 g/mol. The number of benzene rings is 1. The Balaban J connectivity index is 2.71. The van der Waals surface area contributed by atoms with Gasteiger partial charge in [-0.25, -0.2) is 9.37 Å². The van der Waals surface area contributed by atoms with Crippen molar-refractivity contribution in [3.63, 3.8) is 0 Å². The first-order valence-electron chi connectivity index (χ1n) is 4.34. The first-order chi connectivity index (χ1) is 6.59. The van der Waals surface area contributed by atoms with Crippen LogP contribution in [0.15, 0.2) is 16.6 Å². The second kappa shape index (κ2) is 3.59. The Bertz CT molecular complexity index is 478. The van der Waals surface area contributed by atoms with Gasteiger partial charge in [0.25, 0.3) is 0 Å². The molecule has 2 aromatic rings. The van der Waals surface area contributed by atoms with Crippen molar-refractivity contribution in [2.75, 3.05) is 0 Å². The van der Waals surface area contributed by atoms with E-state index in [1.165, 1.54) is 0 Å². The van der Waals surface area contributed by atoms with Crippen LogP contribution in [0.5, 0.6) is 0 Å². The molecule has 0 bridgehead atoms. The van der Waals surface area contributed by atoms with Crippen LogP contribution in [0, 0.1) is 5.82 Å². The Morgan fingerprint density at radius 1 is 1.43 bits per heavy atom. The van der Waals surface area contributed by atoms with E-state index < -0.39 is 0 Å². The maximum absolute atomic E-state index is 13.6. The molecule has 0 atom stereocenters. The van der Waals surface area contributed by atoms with Crippen LogP contribution in [-0.2, 0) is 0 Å². The molecule has 1 nitrogen and oxygen atoms in total. The third-order valence-electron chi connectivity index (χ3n) is 1.96. The minimum absolute atomic E-state index is 0.259. The van der Waals surface area contributed by atoms with Crippen molar-refractivity contribution < 1.29 is 4.39 Å². The number of halogens is 2. The topological polar surface area (TPSA) is 12.9 Å². The fourth-order valence-electron chi connectivity index (χ4n) is 1.20. The molecule has 0 aliphatic rings. The zero-order chi connectivity index (χ0) is 10.3. The lowest BCUT2D eigenvalue weighted by atomic mass is 10.2. The zero-order valence-electron chi connectivity index (χ0n) is 7.84. The summed E-state index contributed by atoms with van der Waals surface area (Å²) in [5.74, 6) is 0.0937. The first-order valence-corrected chi connectivity index (χ1v) is 5.95. The van der Waals surface area contributed by atoms with E-state index >= 15 is 0 Å². The molecule has 0 spiro atoms. The van der Waals surface area contributed by atoms with Crippen molar-refractivity contribution in [2.45, 2.75) is 19.8 Å². The molecule has 4 heteroatoms. The summed E-state index contributed by atoms with van der Waals surface area (Å²) in [4.78, 5) is 4.29. The molecule has 0 N–H and O–H groups in total. The van der Waals surface area contributed by atoms with Gasteiger partial charge in [0, 0.05) is 5.92 Å². The Kier molecular flexibility index (Phi) is 2.58. The molecule has 14 heavy (non-hydrogen) atoms. The highest BCUT2D eigenvalue weighted by molar-refractivity contribution is 9.10. The lowest BCUT2D eigenvalue weighted by Gasteiger charge is -1.95. The minimum atomic E-state index is -0.259. The van der Waals surface area contributed by atoms with Crippen molar-refractivity contribution >= 4 is 37.5 Å². The number of fused-ring (bicyclic) bond motifs is 1. The molecule has 0 radical (unpaired) electrons. The van der Waals surface area contributed by atoms with Gasteiger partial charge in [-0.05, 0) is 28.1 Å². The molecular weight excluding hydrogens is 265 g/mol. The number of nitrogens with zero attached hydrogens (tertiary/aromatic N) is 1. The van der Waals surface area contributed by atoms with E-state index in [9.17, 15) is 4.39 Å². The molecule has 0 saturated heterocycles. The molecule has 0 aliphatic heterocycles. The molecule has 1 heterocycles. The van der Waals surface area contributed by atoms with Crippen molar-refractivity contribution in [2.24, 2.45) is 0 Å². The number of rotatable bonds is 1. The summed E-state index contributed by atoms with van der Waals surface area (Å²) in [6, 6.07) is 3.62. The molecule has 1 aromatic heterocycles. The molecule has 2 rings (SSSR count). The number of thiazole rings is 1. The van der Waals surface area contributed by atoms with E-state index in [1.54, 1.807) is 17.4 Å². The summed E-state index contributed by atoms with van der Waals surface area (Å²) in [6.45, 7) is 4.12.